The van der Waals surface area contributed by atoms with Crippen LogP contribution < -0.4 is 0 Å². The Morgan fingerprint density at radius 1 is 1.19 bits per heavy atom. The Balaban J connectivity index is 1.54. The van der Waals surface area contributed by atoms with Gasteiger partial charge in [0.05, 0.1) is 18.4 Å². The molecule has 0 spiro atoms. The van der Waals surface area contributed by atoms with Gasteiger partial charge in [0.15, 0.2) is 11.6 Å². The maximum absolute atomic E-state index is 13.6. The first-order valence-electron chi connectivity index (χ1n) is 8.58. The summed E-state index contributed by atoms with van der Waals surface area (Å²) >= 11 is 0. The van der Waals surface area contributed by atoms with Crippen molar-refractivity contribution < 1.29 is 18.6 Å². The maximum Gasteiger partial charge on any atom is 0.159 e. The number of aryl methyl sites for hydroxylation is 1. The predicted octanol–water partition coefficient (Wildman–Crippen LogP) is 3.43. The van der Waals surface area contributed by atoms with Crippen molar-refractivity contribution in [2.75, 3.05) is 0 Å². The molecule has 1 N–H and O–H groups in total. The summed E-state index contributed by atoms with van der Waals surface area (Å²) in [4.78, 5) is 8.55. The van der Waals surface area contributed by atoms with E-state index in [1.165, 1.54) is 6.33 Å². The maximum atomic E-state index is 13.6. The van der Waals surface area contributed by atoms with E-state index in [1.807, 2.05) is 23.8 Å². The molecule has 1 aliphatic rings. The Morgan fingerprint density at radius 2 is 1.96 bits per heavy atom. The van der Waals surface area contributed by atoms with Gasteiger partial charge < -0.3 is 14.4 Å². The van der Waals surface area contributed by atoms with Gasteiger partial charge in [0.25, 0.3) is 0 Å². The van der Waals surface area contributed by atoms with Crippen LogP contribution in [0.2, 0.25) is 0 Å². The van der Waals surface area contributed by atoms with Crippen LogP contribution in [-0.2, 0) is 17.8 Å². The van der Waals surface area contributed by atoms with Gasteiger partial charge in [-0.15, -0.1) is 0 Å². The van der Waals surface area contributed by atoms with Crippen LogP contribution >= 0.6 is 0 Å². The van der Waals surface area contributed by atoms with Crippen LogP contribution in [0.25, 0.3) is 11.0 Å². The van der Waals surface area contributed by atoms with Gasteiger partial charge in [0.1, 0.15) is 18.2 Å². The van der Waals surface area contributed by atoms with Crippen molar-refractivity contribution >= 4 is 11.0 Å². The van der Waals surface area contributed by atoms with Crippen LogP contribution in [0, 0.1) is 18.6 Å². The molecule has 2 aromatic heterocycles. The monoisotopic (exact) mass is 359 g/mol. The molecule has 3 aromatic rings. The number of ether oxygens (including phenoxy) is 1. The normalized spacial score (nSPS) is 20.2. The summed E-state index contributed by atoms with van der Waals surface area (Å²) in [5, 5.41) is 10.4. The lowest BCUT2D eigenvalue weighted by molar-refractivity contribution is 0.00485. The Hall–Kier alpha value is -2.38. The summed E-state index contributed by atoms with van der Waals surface area (Å²) in [6.45, 7) is 1.60. The van der Waals surface area contributed by atoms with Gasteiger partial charge in [-0.2, -0.15) is 0 Å². The second-order valence-corrected chi connectivity index (χ2v) is 6.61. The number of nitrogens with zero attached hydrogens (tertiary/aromatic N) is 3. The van der Waals surface area contributed by atoms with E-state index in [1.54, 1.807) is 0 Å². The summed E-state index contributed by atoms with van der Waals surface area (Å²) in [5.41, 5.74) is 2.71. The number of hydrogen-bond acceptors (Lipinski definition) is 4. The van der Waals surface area contributed by atoms with Gasteiger partial charge in [0.2, 0.25) is 0 Å². The standard InChI is InChI=1S/C19H19F2N3O2/c1-11-15-4-5-24(19(15)23-10-22-11)18-3-2-14(26-18)6-12-7-16(20)17(21)8-13(12)9-25/h4-5,7-8,10,14,18,25H,2-3,6,9H2,1H3. The summed E-state index contributed by atoms with van der Waals surface area (Å²) in [5.74, 6) is -1.85. The van der Waals surface area contributed by atoms with Crippen molar-refractivity contribution in [3.05, 3.63) is 59.2 Å². The van der Waals surface area contributed by atoms with Gasteiger partial charge in [-0.05, 0) is 55.5 Å². The molecule has 0 radical (unpaired) electrons. The molecular weight excluding hydrogens is 340 g/mol. The molecule has 0 bridgehead atoms. The smallest absolute Gasteiger partial charge is 0.159 e. The molecule has 7 heteroatoms. The number of rotatable bonds is 4. The third-order valence-electron chi connectivity index (χ3n) is 4.96. The molecule has 1 aliphatic heterocycles. The van der Waals surface area contributed by atoms with Crippen molar-refractivity contribution in [3.8, 4) is 0 Å². The quantitative estimate of drug-likeness (QED) is 0.775. The molecule has 3 heterocycles. The van der Waals surface area contributed by atoms with E-state index in [0.717, 1.165) is 41.7 Å². The molecule has 0 aliphatic carbocycles. The van der Waals surface area contributed by atoms with E-state index in [2.05, 4.69) is 9.97 Å². The average Bonchev–Trinajstić information content (AvgIpc) is 3.25. The Morgan fingerprint density at radius 3 is 2.73 bits per heavy atom. The molecule has 0 saturated carbocycles. The highest BCUT2D eigenvalue weighted by molar-refractivity contribution is 5.78. The van der Waals surface area contributed by atoms with Gasteiger partial charge >= 0.3 is 0 Å². The van der Waals surface area contributed by atoms with E-state index in [9.17, 15) is 13.9 Å². The number of aromatic nitrogens is 3. The molecule has 2 unspecified atom stereocenters. The van der Waals surface area contributed by atoms with Crippen LogP contribution in [0.1, 0.15) is 35.9 Å². The van der Waals surface area contributed by atoms with Gasteiger partial charge in [-0.1, -0.05) is 0 Å². The highest BCUT2D eigenvalue weighted by Crippen LogP contribution is 2.33. The fourth-order valence-corrected chi connectivity index (χ4v) is 3.58. The fourth-order valence-electron chi connectivity index (χ4n) is 3.58. The van der Waals surface area contributed by atoms with E-state index >= 15 is 0 Å². The summed E-state index contributed by atoms with van der Waals surface area (Å²) in [6, 6.07) is 4.18. The zero-order valence-corrected chi connectivity index (χ0v) is 14.3. The minimum Gasteiger partial charge on any atom is -0.392 e. The van der Waals surface area contributed by atoms with E-state index in [0.29, 0.717) is 17.5 Å². The number of aliphatic hydroxyl groups is 1. The molecule has 1 aromatic carbocycles. The molecular formula is C19H19F2N3O2. The van der Waals surface area contributed by atoms with E-state index in [-0.39, 0.29) is 18.9 Å². The molecule has 26 heavy (non-hydrogen) atoms. The van der Waals surface area contributed by atoms with Crippen LogP contribution in [0.15, 0.2) is 30.7 Å². The lowest BCUT2D eigenvalue weighted by atomic mass is 10.00. The Labute approximate surface area is 149 Å². The third kappa shape index (κ3) is 2.97. The molecule has 1 fully saturated rings. The van der Waals surface area contributed by atoms with Crippen molar-refractivity contribution in [1.29, 1.82) is 0 Å². The van der Waals surface area contributed by atoms with Crippen LogP contribution in [0.4, 0.5) is 8.78 Å². The first-order valence-corrected chi connectivity index (χ1v) is 8.58. The highest BCUT2D eigenvalue weighted by atomic mass is 19.2. The molecule has 4 rings (SSSR count). The van der Waals surface area contributed by atoms with Crippen molar-refractivity contribution in [3.63, 3.8) is 0 Å². The first-order chi connectivity index (χ1) is 12.6. The summed E-state index contributed by atoms with van der Waals surface area (Å²) in [7, 11) is 0. The molecule has 5 nitrogen and oxygen atoms in total. The number of benzene rings is 1. The number of halogens is 2. The zero-order valence-electron chi connectivity index (χ0n) is 14.3. The summed E-state index contributed by atoms with van der Waals surface area (Å²) < 4.78 is 35.0. The molecule has 0 amide bonds. The van der Waals surface area contributed by atoms with Crippen LogP contribution in [0.5, 0.6) is 0 Å². The molecule has 1 saturated heterocycles. The second kappa shape index (κ2) is 6.74. The Kier molecular flexibility index (Phi) is 4.42. The lowest BCUT2D eigenvalue weighted by Gasteiger charge is -2.17. The largest absolute Gasteiger partial charge is 0.392 e. The van der Waals surface area contributed by atoms with E-state index in [4.69, 9.17) is 4.74 Å². The van der Waals surface area contributed by atoms with Crippen molar-refractivity contribution in [2.45, 2.75) is 45.1 Å². The second-order valence-electron chi connectivity index (χ2n) is 6.61. The van der Waals surface area contributed by atoms with Gasteiger partial charge in [0, 0.05) is 11.6 Å². The van der Waals surface area contributed by atoms with E-state index < -0.39 is 11.6 Å². The third-order valence-corrected chi connectivity index (χ3v) is 4.96. The highest BCUT2D eigenvalue weighted by Gasteiger charge is 2.28. The van der Waals surface area contributed by atoms with Crippen LogP contribution in [0.3, 0.4) is 0 Å². The minimum absolute atomic E-state index is 0.129. The fraction of sp³-hybridized carbons (Fsp3) is 0.368. The lowest BCUT2D eigenvalue weighted by Crippen LogP contribution is -2.15. The van der Waals surface area contributed by atoms with Crippen LogP contribution in [-0.4, -0.2) is 25.7 Å². The molecule has 136 valence electrons. The van der Waals surface area contributed by atoms with Gasteiger partial charge in [-0.3, -0.25) is 0 Å². The first kappa shape index (κ1) is 17.1. The topological polar surface area (TPSA) is 60.2 Å². The predicted molar refractivity (Wildman–Crippen MR) is 91.4 cm³/mol. The minimum atomic E-state index is -0.947. The average molecular weight is 359 g/mol. The van der Waals surface area contributed by atoms with Crippen molar-refractivity contribution in [2.24, 2.45) is 0 Å². The van der Waals surface area contributed by atoms with Gasteiger partial charge in [-0.25, -0.2) is 18.7 Å². The number of fused-ring (bicyclic) bond motifs is 1. The Bertz CT molecular complexity index is 957. The SMILES string of the molecule is Cc1ncnc2c1ccn2C1CCC(Cc2cc(F)c(F)cc2CO)O1. The summed E-state index contributed by atoms with van der Waals surface area (Å²) in [6.07, 6.45) is 5.21. The number of aliphatic hydroxyl groups excluding tert-OH is 1. The zero-order chi connectivity index (χ0) is 18.3. The van der Waals surface area contributed by atoms with Crippen molar-refractivity contribution in [1.82, 2.24) is 14.5 Å². The molecule has 2 atom stereocenters. The number of hydrogen-bond donors (Lipinski definition) is 1.